The molecule has 7 heteroatoms. The van der Waals surface area contributed by atoms with E-state index in [1.54, 1.807) is 29.9 Å². The van der Waals surface area contributed by atoms with Crippen LogP contribution in [0.5, 0.6) is 0 Å². The molecule has 2 aromatic heterocycles. The standard InChI is InChI=1S/C17H14FN3OS2/c18-14-5-1-4-13(7-14)15-10-24-17(20-15)21-16(22)11-23-9-12-3-2-6-19-8-12/h1-8,10H,9,11H2,(H,20,21,22). The summed E-state index contributed by atoms with van der Waals surface area (Å²) in [4.78, 5) is 20.3. The highest BCUT2D eigenvalue weighted by Crippen LogP contribution is 2.25. The van der Waals surface area contributed by atoms with E-state index in [9.17, 15) is 9.18 Å². The summed E-state index contributed by atoms with van der Waals surface area (Å²) in [7, 11) is 0. The normalized spacial score (nSPS) is 10.5. The highest BCUT2D eigenvalue weighted by molar-refractivity contribution is 7.99. The molecule has 1 N–H and O–H groups in total. The number of carbonyl (C=O) groups is 1. The molecule has 3 aromatic rings. The molecule has 0 saturated heterocycles. The zero-order valence-electron chi connectivity index (χ0n) is 12.6. The summed E-state index contributed by atoms with van der Waals surface area (Å²) in [6, 6.07) is 10.1. The second kappa shape index (κ2) is 8.03. The van der Waals surface area contributed by atoms with E-state index in [1.807, 2.05) is 12.1 Å². The second-order valence-corrected chi connectivity index (χ2v) is 6.79. The molecule has 0 aliphatic heterocycles. The van der Waals surface area contributed by atoms with Gasteiger partial charge in [0.05, 0.1) is 11.4 Å². The maximum atomic E-state index is 13.2. The van der Waals surface area contributed by atoms with Gasteiger partial charge in [-0.3, -0.25) is 9.78 Å². The molecule has 0 aliphatic carbocycles. The number of benzene rings is 1. The Bertz CT molecular complexity index is 823. The summed E-state index contributed by atoms with van der Waals surface area (Å²) in [6.45, 7) is 0. The number of carbonyl (C=O) groups excluding carboxylic acids is 1. The lowest BCUT2D eigenvalue weighted by atomic mass is 10.2. The zero-order valence-corrected chi connectivity index (χ0v) is 14.2. The van der Waals surface area contributed by atoms with Crippen molar-refractivity contribution in [1.29, 1.82) is 0 Å². The molecule has 0 radical (unpaired) electrons. The van der Waals surface area contributed by atoms with E-state index in [0.29, 0.717) is 22.1 Å². The van der Waals surface area contributed by atoms with Crippen LogP contribution in [0.15, 0.2) is 54.2 Å². The van der Waals surface area contributed by atoms with Gasteiger partial charge in [-0.05, 0) is 23.8 Å². The Morgan fingerprint density at radius 3 is 3.00 bits per heavy atom. The van der Waals surface area contributed by atoms with Crippen LogP contribution >= 0.6 is 23.1 Å². The fourth-order valence-electron chi connectivity index (χ4n) is 2.01. The van der Waals surface area contributed by atoms with Gasteiger partial charge in [0.15, 0.2) is 5.13 Å². The van der Waals surface area contributed by atoms with Crippen LogP contribution in [0.1, 0.15) is 5.56 Å². The van der Waals surface area contributed by atoms with Gasteiger partial charge in [0.25, 0.3) is 0 Å². The lowest BCUT2D eigenvalue weighted by molar-refractivity contribution is -0.113. The van der Waals surface area contributed by atoms with Gasteiger partial charge < -0.3 is 5.32 Å². The summed E-state index contributed by atoms with van der Waals surface area (Å²) in [5, 5.41) is 5.09. The van der Waals surface area contributed by atoms with Crippen molar-refractivity contribution in [2.45, 2.75) is 5.75 Å². The third kappa shape index (κ3) is 4.62. The van der Waals surface area contributed by atoms with Gasteiger partial charge in [0.1, 0.15) is 5.82 Å². The van der Waals surface area contributed by atoms with Gasteiger partial charge in [-0.2, -0.15) is 0 Å². The third-order valence-electron chi connectivity index (χ3n) is 3.10. The minimum absolute atomic E-state index is 0.107. The number of rotatable bonds is 6. The molecule has 0 saturated carbocycles. The number of thioether (sulfide) groups is 1. The van der Waals surface area contributed by atoms with Gasteiger partial charge >= 0.3 is 0 Å². The molecule has 1 amide bonds. The fourth-order valence-corrected chi connectivity index (χ4v) is 3.51. The molecule has 0 bridgehead atoms. The molecule has 24 heavy (non-hydrogen) atoms. The number of nitrogens with zero attached hydrogens (tertiary/aromatic N) is 2. The van der Waals surface area contributed by atoms with Crippen molar-refractivity contribution < 1.29 is 9.18 Å². The lowest BCUT2D eigenvalue weighted by Crippen LogP contribution is -2.14. The Morgan fingerprint density at radius 2 is 2.21 bits per heavy atom. The Kier molecular flexibility index (Phi) is 5.55. The summed E-state index contributed by atoms with van der Waals surface area (Å²) in [5.74, 6) is 0.652. The topological polar surface area (TPSA) is 54.9 Å². The van der Waals surface area contributed by atoms with Gasteiger partial charge in [0.2, 0.25) is 5.91 Å². The lowest BCUT2D eigenvalue weighted by Gasteiger charge is -2.02. The number of pyridine rings is 1. The molecule has 0 fully saturated rings. The quantitative estimate of drug-likeness (QED) is 0.716. The molecule has 4 nitrogen and oxygen atoms in total. The van der Waals surface area contributed by atoms with Crippen LogP contribution in [0.3, 0.4) is 0 Å². The van der Waals surface area contributed by atoms with Crippen molar-refractivity contribution in [2.75, 3.05) is 11.1 Å². The van der Waals surface area contributed by atoms with Crippen molar-refractivity contribution in [3.05, 3.63) is 65.6 Å². The molecular weight excluding hydrogens is 345 g/mol. The maximum Gasteiger partial charge on any atom is 0.236 e. The van der Waals surface area contributed by atoms with E-state index >= 15 is 0 Å². The van der Waals surface area contributed by atoms with E-state index in [2.05, 4.69) is 15.3 Å². The van der Waals surface area contributed by atoms with E-state index in [1.165, 1.54) is 35.2 Å². The van der Waals surface area contributed by atoms with Crippen molar-refractivity contribution in [3.63, 3.8) is 0 Å². The Morgan fingerprint density at radius 1 is 1.29 bits per heavy atom. The first kappa shape index (κ1) is 16.6. The van der Waals surface area contributed by atoms with Gasteiger partial charge in [0, 0.05) is 29.1 Å². The van der Waals surface area contributed by atoms with Gasteiger partial charge in [-0.1, -0.05) is 18.2 Å². The number of anilines is 1. The van der Waals surface area contributed by atoms with Crippen LogP contribution in [0, 0.1) is 5.82 Å². The van der Waals surface area contributed by atoms with Crippen molar-refractivity contribution in [3.8, 4) is 11.3 Å². The van der Waals surface area contributed by atoms with E-state index < -0.39 is 0 Å². The average molecular weight is 359 g/mol. The average Bonchev–Trinajstić information content (AvgIpc) is 3.04. The van der Waals surface area contributed by atoms with E-state index in [4.69, 9.17) is 0 Å². The summed E-state index contributed by atoms with van der Waals surface area (Å²) < 4.78 is 13.2. The monoisotopic (exact) mass is 359 g/mol. The Balaban J connectivity index is 1.52. The number of nitrogens with one attached hydrogen (secondary N) is 1. The summed E-state index contributed by atoms with van der Waals surface area (Å²) >= 11 is 2.84. The predicted octanol–water partition coefficient (Wildman–Crippen LogP) is 4.22. The van der Waals surface area contributed by atoms with Crippen LogP contribution in [-0.2, 0) is 10.5 Å². The van der Waals surface area contributed by atoms with E-state index in [-0.39, 0.29) is 11.7 Å². The number of hydrogen-bond donors (Lipinski definition) is 1. The van der Waals surface area contributed by atoms with Crippen LogP contribution in [-0.4, -0.2) is 21.6 Å². The van der Waals surface area contributed by atoms with Crippen molar-refractivity contribution in [1.82, 2.24) is 9.97 Å². The van der Waals surface area contributed by atoms with Crippen LogP contribution in [0.2, 0.25) is 0 Å². The predicted molar refractivity (Wildman–Crippen MR) is 96.5 cm³/mol. The molecule has 0 aliphatic rings. The second-order valence-electron chi connectivity index (χ2n) is 4.95. The van der Waals surface area contributed by atoms with Gasteiger partial charge in [-0.25, -0.2) is 9.37 Å². The zero-order chi connectivity index (χ0) is 16.8. The van der Waals surface area contributed by atoms with Crippen molar-refractivity contribution >= 4 is 34.1 Å². The van der Waals surface area contributed by atoms with Crippen LogP contribution in [0.4, 0.5) is 9.52 Å². The largest absolute Gasteiger partial charge is 0.301 e. The fraction of sp³-hybridized carbons (Fsp3) is 0.118. The smallest absolute Gasteiger partial charge is 0.236 e. The first-order valence-electron chi connectivity index (χ1n) is 7.19. The molecule has 0 spiro atoms. The molecule has 0 atom stereocenters. The summed E-state index contributed by atoms with van der Waals surface area (Å²) in [5.41, 5.74) is 2.42. The highest BCUT2D eigenvalue weighted by Gasteiger charge is 2.09. The number of halogens is 1. The number of thiazole rings is 1. The molecule has 1 aromatic carbocycles. The third-order valence-corrected chi connectivity index (χ3v) is 4.86. The Hall–Kier alpha value is -2.25. The highest BCUT2D eigenvalue weighted by atomic mass is 32.2. The minimum atomic E-state index is -0.308. The molecule has 2 heterocycles. The molecule has 0 unspecified atom stereocenters. The van der Waals surface area contributed by atoms with E-state index in [0.717, 1.165) is 11.3 Å². The maximum absolute atomic E-state index is 13.2. The van der Waals surface area contributed by atoms with Crippen molar-refractivity contribution in [2.24, 2.45) is 0 Å². The number of aromatic nitrogens is 2. The molecule has 122 valence electrons. The number of hydrogen-bond acceptors (Lipinski definition) is 5. The SMILES string of the molecule is O=C(CSCc1cccnc1)Nc1nc(-c2cccc(F)c2)cs1. The number of amides is 1. The molecule has 3 rings (SSSR count). The van der Waals surface area contributed by atoms with Crippen LogP contribution in [0.25, 0.3) is 11.3 Å². The summed E-state index contributed by atoms with van der Waals surface area (Å²) in [6.07, 6.45) is 3.51. The molecular formula is C17H14FN3OS2. The first-order valence-corrected chi connectivity index (χ1v) is 9.22. The minimum Gasteiger partial charge on any atom is -0.301 e. The van der Waals surface area contributed by atoms with Gasteiger partial charge in [-0.15, -0.1) is 23.1 Å². The van der Waals surface area contributed by atoms with Crippen LogP contribution < -0.4 is 5.32 Å². The Labute approximate surface area is 147 Å². The first-order chi connectivity index (χ1) is 11.7.